The van der Waals surface area contributed by atoms with Crippen LogP contribution in [0.25, 0.3) is 0 Å². The monoisotopic (exact) mass is 301 g/mol. The molecule has 5 nitrogen and oxygen atoms in total. The number of rotatable bonds is 5. The van der Waals surface area contributed by atoms with Gasteiger partial charge in [-0.2, -0.15) is 0 Å². The SMILES string of the molecule is CC(C)(N)C(=O)NCCCN1CCOCC1.Cl.Cl. The molecule has 0 aromatic heterocycles. The lowest BCUT2D eigenvalue weighted by Crippen LogP contribution is -2.49. The van der Waals surface area contributed by atoms with Gasteiger partial charge in [0.15, 0.2) is 0 Å². The Morgan fingerprint density at radius 1 is 1.33 bits per heavy atom. The molecule has 0 atom stereocenters. The van der Waals surface area contributed by atoms with Gasteiger partial charge in [-0.05, 0) is 26.8 Å². The van der Waals surface area contributed by atoms with Crippen molar-refractivity contribution in [1.82, 2.24) is 10.2 Å². The highest BCUT2D eigenvalue weighted by Crippen LogP contribution is 1.98. The van der Waals surface area contributed by atoms with Gasteiger partial charge in [0.2, 0.25) is 5.91 Å². The summed E-state index contributed by atoms with van der Waals surface area (Å²) in [6.07, 6.45) is 0.960. The van der Waals surface area contributed by atoms with Crippen LogP contribution in [-0.4, -0.2) is 55.7 Å². The van der Waals surface area contributed by atoms with Crippen LogP contribution < -0.4 is 11.1 Å². The molecule has 0 aromatic rings. The molecular weight excluding hydrogens is 277 g/mol. The van der Waals surface area contributed by atoms with E-state index < -0.39 is 5.54 Å². The molecule has 1 amide bonds. The number of nitrogens with one attached hydrogen (secondary N) is 1. The van der Waals surface area contributed by atoms with Crippen molar-refractivity contribution in [2.24, 2.45) is 5.73 Å². The summed E-state index contributed by atoms with van der Waals surface area (Å²) in [6, 6.07) is 0. The molecule has 1 aliphatic heterocycles. The fourth-order valence-electron chi connectivity index (χ4n) is 1.56. The van der Waals surface area contributed by atoms with Crippen molar-refractivity contribution in [2.45, 2.75) is 25.8 Å². The third-order valence-corrected chi connectivity index (χ3v) is 2.63. The lowest BCUT2D eigenvalue weighted by molar-refractivity contribution is -0.125. The fraction of sp³-hybridized carbons (Fsp3) is 0.909. The molecule has 1 rings (SSSR count). The van der Waals surface area contributed by atoms with E-state index in [4.69, 9.17) is 10.5 Å². The zero-order valence-corrected chi connectivity index (χ0v) is 12.7. The van der Waals surface area contributed by atoms with E-state index in [1.54, 1.807) is 13.8 Å². The minimum Gasteiger partial charge on any atom is -0.379 e. The molecule has 0 aliphatic carbocycles. The van der Waals surface area contributed by atoms with Crippen LogP contribution in [0.5, 0.6) is 0 Å². The van der Waals surface area contributed by atoms with Crippen LogP contribution in [-0.2, 0) is 9.53 Å². The van der Waals surface area contributed by atoms with Gasteiger partial charge in [0.05, 0.1) is 18.8 Å². The van der Waals surface area contributed by atoms with Gasteiger partial charge in [-0.3, -0.25) is 9.69 Å². The van der Waals surface area contributed by atoms with Gasteiger partial charge in [-0.15, -0.1) is 24.8 Å². The summed E-state index contributed by atoms with van der Waals surface area (Å²) in [7, 11) is 0. The average molecular weight is 302 g/mol. The molecule has 1 aliphatic rings. The van der Waals surface area contributed by atoms with E-state index >= 15 is 0 Å². The van der Waals surface area contributed by atoms with Crippen molar-refractivity contribution in [3.63, 3.8) is 0 Å². The number of carbonyl (C=O) groups is 1. The highest BCUT2D eigenvalue weighted by Gasteiger charge is 2.20. The summed E-state index contributed by atoms with van der Waals surface area (Å²) < 4.78 is 5.26. The number of hydrogen-bond donors (Lipinski definition) is 2. The molecule has 18 heavy (non-hydrogen) atoms. The van der Waals surface area contributed by atoms with Crippen molar-refractivity contribution in [3.05, 3.63) is 0 Å². The number of nitrogens with zero attached hydrogens (tertiary/aromatic N) is 1. The molecule has 0 radical (unpaired) electrons. The zero-order chi connectivity index (χ0) is 12.0. The van der Waals surface area contributed by atoms with Gasteiger partial charge in [0, 0.05) is 19.6 Å². The standard InChI is InChI=1S/C11H23N3O2.2ClH/c1-11(2,12)10(15)13-4-3-5-14-6-8-16-9-7-14;;/h3-9,12H2,1-2H3,(H,13,15);2*1H. The number of nitrogens with two attached hydrogens (primary N) is 1. The quantitative estimate of drug-likeness (QED) is 0.722. The molecule has 0 saturated carbocycles. The number of amides is 1. The van der Waals surface area contributed by atoms with Crippen molar-refractivity contribution < 1.29 is 9.53 Å². The predicted octanol–water partition coefficient (Wildman–Crippen LogP) is 0.406. The second kappa shape index (κ2) is 9.81. The average Bonchev–Trinajstić information content (AvgIpc) is 2.24. The van der Waals surface area contributed by atoms with Crippen molar-refractivity contribution >= 4 is 30.7 Å². The van der Waals surface area contributed by atoms with Crippen LogP contribution in [0.1, 0.15) is 20.3 Å². The Kier molecular flexibility index (Phi) is 11.0. The molecule has 3 N–H and O–H groups in total. The summed E-state index contributed by atoms with van der Waals surface area (Å²) in [5, 5.41) is 2.84. The van der Waals surface area contributed by atoms with E-state index in [-0.39, 0.29) is 30.7 Å². The lowest BCUT2D eigenvalue weighted by Gasteiger charge is -2.26. The summed E-state index contributed by atoms with van der Waals surface area (Å²) >= 11 is 0. The van der Waals surface area contributed by atoms with E-state index in [1.165, 1.54) is 0 Å². The Hall–Kier alpha value is -0.0700. The largest absolute Gasteiger partial charge is 0.379 e. The molecule has 1 fully saturated rings. The third-order valence-electron chi connectivity index (χ3n) is 2.63. The normalized spacial score (nSPS) is 16.4. The van der Waals surface area contributed by atoms with Crippen LogP contribution >= 0.6 is 24.8 Å². The van der Waals surface area contributed by atoms with E-state index in [2.05, 4.69) is 10.2 Å². The number of ether oxygens (including phenoxy) is 1. The smallest absolute Gasteiger partial charge is 0.239 e. The molecule has 1 heterocycles. The van der Waals surface area contributed by atoms with E-state index in [0.29, 0.717) is 6.54 Å². The first-order chi connectivity index (χ1) is 7.50. The second-order valence-electron chi connectivity index (χ2n) is 4.79. The minimum absolute atomic E-state index is 0. The number of halogens is 2. The third kappa shape index (κ3) is 8.11. The number of hydrogen-bond acceptors (Lipinski definition) is 4. The maximum absolute atomic E-state index is 11.4. The molecule has 0 spiro atoms. The molecule has 7 heteroatoms. The minimum atomic E-state index is -0.779. The zero-order valence-electron chi connectivity index (χ0n) is 11.1. The van der Waals surface area contributed by atoms with Crippen molar-refractivity contribution in [2.75, 3.05) is 39.4 Å². The summed E-state index contributed by atoms with van der Waals surface area (Å²) in [6.45, 7) is 8.76. The first kappa shape index (κ1) is 20.3. The maximum atomic E-state index is 11.4. The highest BCUT2D eigenvalue weighted by atomic mass is 35.5. The van der Waals surface area contributed by atoms with Crippen LogP contribution in [0.2, 0.25) is 0 Å². The van der Waals surface area contributed by atoms with Gasteiger partial charge < -0.3 is 15.8 Å². The van der Waals surface area contributed by atoms with Gasteiger partial charge in [0.1, 0.15) is 0 Å². The van der Waals surface area contributed by atoms with Gasteiger partial charge in [-0.1, -0.05) is 0 Å². The maximum Gasteiger partial charge on any atom is 0.239 e. The Morgan fingerprint density at radius 3 is 2.39 bits per heavy atom. The topological polar surface area (TPSA) is 67.6 Å². The van der Waals surface area contributed by atoms with Crippen LogP contribution in [0, 0.1) is 0 Å². The Labute approximate surface area is 122 Å². The van der Waals surface area contributed by atoms with Crippen LogP contribution in [0.4, 0.5) is 0 Å². The van der Waals surface area contributed by atoms with Crippen molar-refractivity contribution in [1.29, 1.82) is 0 Å². The van der Waals surface area contributed by atoms with E-state index in [9.17, 15) is 4.79 Å². The first-order valence-corrected chi connectivity index (χ1v) is 5.87. The van der Waals surface area contributed by atoms with E-state index in [1.807, 2.05) is 0 Å². The molecular formula is C11H25Cl2N3O2. The fourth-order valence-corrected chi connectivity index (χ4v) is 1.56. The molecule has 0 unspecified atom stereocenters. The molecule has 0 bridgehead atoms. The van der Waals surface area contributed by atoms with E-state index in [0.717, 1.165) is 39.3 Å². The summed E-state index contributed by atoms with van der Waals surface area (Å²) in [5.74, 6) is -0.0884. The van der Waals surface area contributed by atoms with Gasteiger partial charge >= 0.3 is 0 Å². The molecule has 110 valence electrons. The van der Waals surface area contributed by atoms with Crippen LogP contribution in [0.15, 0.2) is 0 Å². The second-order valence-corrected chi connectivity index (χ2v) is 4.79. The summed E-state index contributed by atoms with van der Waals surface area (Å²) in [4.78, 5) is 13.8. The Morgan fingerprint density at radius 2 is 1.89 bits per heavy atom. The lowest BCUT2D eigenvalue weighted by atomic mass is 10.1. The number of carbonyl (C=O) groups excluding carboxylic acids is 1. The predicted molar refractivity (Wildman–Crippen MR) is 77.6 cm³/mol. The summed E-state index contributed by atoms with van der Waals surface area (Å²) in [5.41, 5.74) is 4.89. The van der Waals surface area contributed by atoms with Gasteiger partial charge in [-0.25, -0.2) is 0 Å². The first-order valence-electron chi connectivity index (χ1n) is 5.87. The highest BCUT2D eigenvalue weighted by molar-refractivity contribution is 5.85. The number of morpholine rings is 1. The molecule has 0 aromatic carbocycles. The van der Waals surface area contributed by atoms with Crippen molar-refractivity contribution in [3.8, 4) is 0 Å². The van der Waals surface area contributed by atoms with Gasteiger partial charge in [0.25, 0.3) is 0 Å². The Bertz CT molecular complexity index is 229. The Balaban J connectivity index is 0. The van der Waals surface area contributed by atoms with Crippen LogP contribution in [0.3, 0.4) is 0 Å². The molecule has 1 saturated heterocycles.